The van der Waals surface area contributed by atoms with Gasteiger partial charge in [-0.05, 0) is 18.9 Å². The van der Waals surface area contributed by atoms with Crippen LogP contribution in [-0.4, -0.2) is 18.9 Å². The number of ketones is 1. The first-order valence-electron chi connectivity index (χ1n) is 6.52. The van der Waals surface area contributed by atoms with Crippen molar-refractivity contribution in [3.8, 4) is 0 Å². The highest BCUT2D eigenvalue weighted by Crippen LogP contribution is 2.26. The lowest BCUT2D eigenvalue weighted by Gasteiger charge is -2.26. The summed E-state index contributed by atoms with van der Waals surface area (Å²) in [6, 6.07) is 4.23. The summed E-state index contributed by atoms with van der Waals surface area (Å²) in [6.07, 6.45) is 7.76. The molecule has 1 fully saturated rings. The average molecular weight is 235 g/mol. The summed E-state index contributed by atoms with van der Waals surface area (Å²) in [5.74, 6) is 1.27. The summed E-state index contributed by atoms with van der Waals surface area (Å²) in [7, 11) is 2.07. The van der Waals surface area contributed by atoms with Crippen molar-refractivity contribution < 1.29 is 9.21 Å². The summed E-state index contributed by atoms with van der Waals surface area (Å²) in [5, 5.41) is 0. The topological polar surface area (TPSA) is 33.5 Å². The first kappa shape index (κ1) is 12.2. The molecule has 1 aromatic heterocycles. The van der Waals surface area contributed by atoms with E-state index in [4.69, 9.17) is 4.42 Å². The molecule has 3 heteroatoms. The second-order valence-corrected chi connectivity index (χ2v) is 4.95. The molecule has 1 aromatic rings. The van der Waals surface area contributed by atoms with Crippen molar-refractivity contribution in [2.45, 2.75) is 51.5 Å². The lowest BCUT2D eigenvalue weighted by atomic mass is 10.1. The van der Waals surface area contributed by atoms with Crippen LogP contribution < -0.4 is 4.90 Å². The fraction of sp³-hybridized carbons (Fsp3) is 0.643. The molecule has 1 heterocycles. The molecule has 17 heavy (non-hydrogen) atoms. The van der Waals surface area contributed by atoms with Gasteiger partial charge in [0.15, 0.2) is 17.4 Å². The highest BCUT2D eigenvalue weighted by atomic mass is 16.4. The lowest BCUT2D eigenvalue weighted by molar-refractivity contribution is 0.0987. The molecular weight excluding hydrogens is 214 g/mol. The second kappa shape index (κ2) is 5.39. The summed E-state index contributed by atoms with van der Waals surface area (Å²) in [4.78, 5) is 13.4. The van der Waals surface area contributed by atoms with Crippen molar-refractivity contribution in [2.75, 3.05) is 11.9 Å². The van der Waals surface area contributed by atoms with Crippen LogP contribution in [0.4, 0.5) is 5.88 Å². The third-order valence-electron chi connectivity index (χ3n) is 3.66. The molecule has 1 aliphatic carbocycles. The number of hydrogen-bond acceptors (Lipinski definition) is 3. The van der Waals surface area contributed by atoms with Crippen molar-refractivity contribution in [3.05, 3.63) is 17.9 Å². The van der Waals surface area contributed by atoms with E-state index in [1.165, 1.54) is 45.4 Å². The minimum Gasteiger partial charge on any atom is -0.437 e. The molecule has 0 N–H and O–H groups in total. The number of nitrogens with zero attached hydrogens (tertiary/aromatic N) is 1. The molecule has 94 valence electrons. The van der Waals surface area contributed by atoms with Gasteiger partial charge >= 0.3 is 0 Å². The van der Waals surface area contributed by atoms with Gasteiger partial charge in [0.05, 0.1) is 0 Å². The number of rotatable bonds is 3. The van der Waals surface area contributed by atoms with Gasteiger partial charge in [-0.2, -0.15) is 0 Å². The zero-order valence-electron chi connectivity index (χ0n) is 10.7. The van der Waals surface area contributed by atoms with Crippen molar-refractivity contribution in [1.82, 2.24) is 0 Å². The van der Waals surface area contributed by atoms with Crippen LogP contribution in [-0.2, 0) is 0 Å². The van der Waals surface area contributed by atoms with E-state index >= 15 is 0 Å². The molecule has 0 radical (unpaired) electrons. The maximum Gasteiger partial charge on any atom is 0.196 e. The van der Waals surface area contributed by atoms with Gasteiger partial charge in [0.25, 0.3) is 0 Å². The van der Waals surface area contributed by atoms with E-state index in [0.29, 0.717) is 11.8 Å². The molecule has 0 unspecified atom stereocenters. The predicted molar refractivity (Wildman–Crippen MR) is 68.6 cm³/mol. The Kier molecular flexibility index (Phi) is 3.87. The normalized spacial score (nSPS) is 17.8. The SMILES string of the molecule is CC(=O)c1ccc(N(C)C2CCCCCC2)o1. The van der Waals surface area contributed by atoms with Crippen molar-refractivity contribution >= 4 is 11.7 Å². The fourth-order valence-electron chi connectivity index (χ4n) is 2.53. The number of anilines is 1. The Hall–Kier alpha value is -1.25. The highest BCUT2D eigenvalue weighted by molar-refractivity contribution is 5.91. The van der Waals surface area contributed by atoms with E-state index in [0.717, 1.165) is 5.88 Å². The Bertz CT molecular complexity index is 375. The third-order valence-corrected chi connectivity index (χ3v) is 3.66. The van der Waals surface area contributed by atoms with Crippen molar-refractivity contribution in [3.63, 3.8) is 0 Å². The molecule has 0 aliphatic heterocycles. The number of hydrogen-bond donors (Lipinski definition) is 0. The molecule has 1 saturated carbocycles. The smallest absolute Gasteiger partial charge is 0.196 e. The summed E-state index contributed by atoms with van der Waals surface area (Å²) in [6.45, 7) is 1.54. The second-order valence-electron chi connectivity index (χ2n) is 4.95. The quantitative estimate of drug-likeness (QED) is 0.592. The number of furan rings is 1. The molecule has 0 aromatic carbocycles. The summed E-state index contributed by atoms with van der Waals surface area (Å²) in [5.41, 5.74) is 0. The Morgan fingerprint density at radius 3 is 2.41 bits per heavy atom. The van der Waals surface area contributed by atoms with Crippen LogP contribution in [0.25, 0.3) is 0 Å². The first-order valence-corrected chi connectivity index (χ1v) is 6.52. The summed E-state index contributed by atoms with van der Waals surface area (Å²) >= 11 is 0. The van der Waals surface area contributed by atoms with Gasteiger partial charge in [-0.25, -0.2) is 0 Å². The van der Waals surface area contributed by atoms with Crippen LogP contribution in [0.2, 0.25) is 0 Å². The first-order chi connectivity index (χ1) is 8.18. The van der Waals surface area contributed by atoms with E-state index in [1.54, 1.807) is 6.07 Å². The van der Waals surface area contributed by atoms with Crippen LogP contribution in [0.5, 0.6) is 0 Å². The molecule has 2 rings (SSSR count). The van der Waals surface area contributed by atoms with E-state index in [1.807, 2.05) is 6.07 Å². The average Bonchev–Trinajstić information content (AvgIpc) is 2.65. The summed E-state index contributed by atoms with van der Waals surface area (Å²) < 4.78 is 5.58. The molecule has 0 spiro atoms. The highest BCUT2D eigenvalue weighted by Gasteiger charge is 2.19. The molecular formula is C14H21NO2. The van der Waals surface area contributed by atoms with Gasteiger partial charge in [-0.15, -0.1) is 0 Å². The van der Waals surface area contributed by atoms with Crippen molar-refractivity contribution in [1.29, 1.82) is 0 Å². The molecule has 0 bridgehead atoms. The number of Topliss-reactive ketones (excluding diaryl/α,β-unsaturated/α-hetero) is 1. The van der Waals surface area contributed by atoms with E-state index in [9.17, 15) is 4.79 Å². The van der Waals surface area contributed by atoms with E-state index < -0.39 is 0 Å². The van der Waals surface area contributed by atoms with Crippen LogP contribution in [0.3, 0.4) is 0 Å². The van der Waals surface area contributed by atoms with E-state index in [-0.39, 0.29) is 5.78 Å². The number of carbonyl (C=O) groups is 1. The minimum absolute atomic E-state index is 0.00878. The van der Waals surface area contributed by atoms with Gasteiger partial charge < -0.3 is 9.32 Å². The lowest BCUT2D eigenvalue weighted by Crippen LogP contribution is -2.30. The zero-order valence-corrected chi connectivity index (χ0v) is 10.7. The van der Waals surface area contributed by atoms with E-state index in [2.05, 4.69) is 11.9 Å². The van der Waals surface area contributed by atoms with Gasteiger partial charge in [0, 0.05) is 26.1 Å². The Morgan fingerprint density at radius 1 is 1.24 bits per heavy atom. The monoisotopic (exact) mass is 235 g/mol. The Labute approximate surface area is 103 Å². The Balaban J connectivity index is 2.06. The molecule has 3 nitrogen and oxygen atoms in total. The minimum atomic E-state index is -0.00878. The van der Waals surface area contributed by atoms with Gasteiger partial charge in [-0.1, -0.05) is 25.7 Å². The standard InChI is InChI=1S/C14H21NO2/c1-11(16)13-9-10-14(17-13)15(2)12-7-5-3-4-6-8-12/h9-10,12H,3-8H2,1-2H3. The molecule has 0 atom stereocenters. The van der Waals surface area contributed by atoms with Crippen LogP contribution in [0.1, 0.15) is 56.0 Å². The zero-order chi connectivity index (χ0) is 12.3. The third kappa shape index (κ3) is 2.90. The van der Waals surface area contributed by atoms with Crippen LogP contribution in [0, 0.1) is 0 Å². The van der Waals surface area contributed by atoms with Gasteiger partial charge in [-0.3, -0.25) is 4.79 Å². The maximum absolute atomic E-state index is 11.2. The van der Waals surface area contributed by atoms with Crippen molar-refractivity contribution in [2.24, 2.45) is 0 Å². The maximum atomic E-state index is 11.2. The largest absolute Gasteiger partial charge is 0.437 e. The predicted octanol–water partition coefficient (Wildman–Crippen LogP) is 3.64. The number of carbonyl (C=O) groups excluding carboxylic acids is 1. The van der Waals surface area contributed by atoms with Gasteiger partial charge in [0.1, 0.15) is 0 Å². The Morgan fingerprint density at radius 2 is 1.88 bits per heavy atom. The van der Waals surface area contributed by atoms with Crippen LogP contribution in [0.15, 0.2) is 16.5 Å². The molecule has 1 aliphatic rings. The van der Waals surface area contributed by atoms with Crippen LogP contribution >= 0.6 is 0 Å². The molecule has 0 saturated heterocycles. The van der Waals surface area contributed by atoms with Gasteiger partial charge in [0.2, 0.25) is 0 Å². The molecule has 0 amide bonds. The fourth-order valence-corrected chi connectivity index (χ4v) is 2.53.